The first-order valence-corrected chi connectivity index (χ1v) is 9.09. The van der Waals surface area contributed by atoms with Gasteiger partial charge in [-0.05, 0) is 23.8 Å². The van der Waals surface area contributed by atoms with Gasteiger partial charge < -0.3 is 10.1 Å². The predicted molar refractivity (Wildman–Crippen MR) is 112 cm³/mol. The van der Waals surface area contributed by atoms with Gasteiger partial charge in [-0.25, -0.2) is 0 Å². The molecule has 0 aliphatic carbocycles. The molecule has 0 saturated carbocycles. The van der Waals surface area contributed by atoms with Crippen LogP contribution in [0, 0.1) is 0 Å². The Balaban J connectivity index is 2.05. The van der Waals surface area contributed by atoms with E-state index in [4.69, 9.17) is 27.9 Å². The van der Waals surface area contributed by atoms with Crippen molar-refractivity contribution >= 4 is 57.7 Å². The second-order valence-corrected chi connectivity index (χ2v) is 6.74. The van der Waals surface area contributed by atoms with E-state index >= 15 is 0 Å². The number of hydrogen-bond acceptors (Lipinski definition) is 4. The predicted octanol–water partition coefficient (Wildman–Crippen LogP) is 5.50. The number of fused-ring (bicyclic) bond motifs is 1. The lowest BCUT2D eigenvalue weighted by Crippen LogP contribution is -2.14. The number of nitrogens with one attached hydrogen (secondary N) is 1. The fourth-order valence-corrected chi connectivity index (χ4v) is 3.37. The first kappa shape index (κ1) is 19.9. The number of amides is 1. The van der Waals surface area contributed by atoms with Gasteiger partial charge in [0, 0.05) is 24.1 Å². The van der Waals surface area contributed by atoms with Gasteiger partial charge in [0.05, 0.1) is 26.8 Å². The van der Waals surface area contributed by atoms with Crippen molar-refractivity contribution in [2.75, 3.05) is 5.32 Å². The molecule has 142 valence electrons. The number of esters is 1. The highest BCUT2D eigenvalue weighted by Gasteiger charge is 2.17. The monoisotopic (exact) mass is 414 g/mol. The van der Waals surface area contributed by atoms with Crippen molar-refractivity contribution in [1.82, 2.24) is 4.98 Å². The molecule has 0 radical (unpaired) electrons. The lowest BCUT2D eigenvalue weighted by molar-refractivity contribution is -0.142. The van der Waals surface area contributed by atoms with E-state index in [-0.39, 0.29) is 22.2 Å². The number of hydrogen-bond donors (Lipinski definition) is 1. The maximum absolute atomic E-state index is 12.7. The Morgan fingerprint density at radius 1 is 1.18 bits per heavy atom. The maximum atomic E-state index is 12.7. The summed E-state index contributed by atoms with van der Waals surface area (Å²) in [7, 11) is 0. The summed E-state index contributed by atoms with van der Waals surface area (Å²) in [5, 5.41) is 4.05. The van der Waals surface area contributed by atoms with E-state index in [9.17, 15) is 9.59 Å². The summed E-state index contributed by atoms with van der Waals surface area (Å²) in [4.78, 5) is 28.4. The number of carbonyl (C=O) groups is 2. The largest absolute Gasteiger partial charge is 0.461 e. The summed E-state index contributed by atoms with van der Waals surface area (Å²) in [6, 6.07) is 10.2. The molecule has 0 saturated heterocycles. The van der Waals surface area contributed by atoms with Crippen LogP contribution in [0.2, 0.25) is 10.0 Å². The third-order valence-corrected chi connectivity index (χ3v) is 4.75. The molecule has 7 heteroatoms. The first-order valence-electron chi connectivity index (χ1n) is 8.34. The zero-order valence-electron chi connectivity index (χ0n) is 15.0. The number of nitrogens with zero attached hydrogens (tertiary/aromatic N) is 1. The standard InChI is InChI=1S/C21H16Cl2N2O3/c1-3-13-10-24-20-14(15(13)11-28-12(2)26)6-4-9-18(20)25-21(27)19-16(22)7-5-8-17(19)23/h3-10H,1,11H2,2H3,(H,25,27). The summed E-state index contributed by atoms with van der Waals surface area (Å²) in [6.07, 6.45) is 3.26. The average Bonchev–Trinajstić information content (AvgIpc) is 2.66. The zero-order valence-corrected chi connectivity index (χ0v) is 16.5. The summed E-state index contributed by atoms with van der Waals surface area (Å²) in [5.41, 5.74) is 2.71. The van der Waals surface area contributed by atoms with Crippen LogP contribution >= 0.6 is 23.2 Å². The summed E-state index contributed by atoms with van der Waals surface area (Å²) in [6.45, 7) is 5.19. The minimum Gasteiger partial charge on any atom is -0.461 e. The highest BCUT2D eigenvalue weighted by atomic mass is 35.5. The number of para-hydroxylation sites is 1. The quantitative estimate of drug-likeness (QED) is 0.559. The van der Waals surface area contributed by atoms with E-state index in [2.05, 4.69) is 16.9 Å². The molecule has 1 amide bonds. The van der Waals surface area contributed by atoms with Gasteiger partial charge in [-0.1, -0.05) is 54.1 Å². The van der Waals surface area contributed by atoms with Crippen molar-refractivity contribution in [3.05, 3.63) is 75.9 Å². The Morgan fingerprint density at radius 3 is 2.50 bits per heavy atom. The molecule has 0 fully saturated rings. The van der Waals surface area contributed by atoms with Crippen molar-refractivity contribution in [3.63, 3.8) is 0 Å². The van der Waals surface area contributed by atoms with Gasteiger partial charge in [0.15, 0.2) is 0 Å². The Bertz CT molecular complexity index is 1080. The highest BCUT2D eigenvalue weighted by Crippen LogP contribution is 2.30. The fourth-order valence-electron chi connectivity index (χ4n) is 2.80. The third-order valence-electron chi connectivity index (χ3n) is 4.12. The van der Waals surface area contributed by atoms with Crippen molar-refractivity contribution in [1.29, 1.82) is 0 Å². The smallest absolute Gasteiger partial charge is 0.302 e. The van der Waals surface area contributed by atoms with Crippen molar-refractivity contribution < 1.29 is 14.3 Å². The molecule has 5 nitrogen and oxygen atoms in total. The van der Waals surface area contributed by atoms with E-state index in [1.165, 1.54) is 6.92 Å². The van der Waals surface area contributed by atoms with E-state index in [1.807, 2.05) is 6.07 Å². The van der Waals surface area contributed by atoms with Gasteiger partial charge in [-0.3, -0.25) is 14.6 Å². The van der Waals surface area contributed by atoms with Crippen molar-refractivity contribution in [3.8, 4) is 0 Å². The minimum atomic E-state index is -0.445. The molecule has 3 rings (SSSR count). The van der Waals surface area contributed by atoms with Gasteiger partial charge in [0.25, 0.3) is 5.91 Å². The Kier molecular flexibility index (Phi) is 5.97. The topological polar surface area (TPSA) is 68.3 Å². The SMILES string of the molecule is C=Cc1cnc2c(NC(=O)c3c(Cl)cccc3Cl)cccc2c1COC(C)=O. The number of anilines is 1. The lowest BCUT2D eigenvalue weighted by atomic mass is 10.0. The number of rotatable bonds is 5. The Morgan fingerprint density at radius 2 is 1.86 bits per heavy atom. The van der Waals surface area contributed by atoms with Crippen LogP contribution in [-0.4, -0.2) is 16.9 Å². The summed E-state index contributed by atoms with van der Waals surface area (Å²) >= 11 is 12.2. The summed E-state index contributed by atoms with van der Waals surface area (Å²) < 4.78 is 5.16. The molecular weight excluding hydrogens is 399 g/mol. The molecule has 1 heterocycles. The van der Waals surface area contributed by atoms with Gasteiger partial charge in [0.2, 0.25) is 0 Å². The van der Waals surface area contributed by atoms with Gasteiger partial charge in [-0.15, -0.1) is 0 Å². The van der Waals surface area contributed by atoms with E-state index in [1.54, 1.807) is 42.6 Å². The highest BCUT2D eigenvalue weighted by molar-refractivity contribution is 6.40. The van der Waals surface area contributed by atoms with Crippen LogP contribution in [0.5, 0.6) is 0 Å². The van der Waals surface area contributed by atoms with Crippen LogP contribution in [0.3, 0.4) is 0 Å². The van der Waals surface area contributed by atoms with Crippen LogP contribution in [-0.2, 0) is 16.1 Å². The minimum absolute atomic E-state index is 0.0729. The van der Waals surface area contributed by atoms with Crippen molar-refractivity contribution in [2.45, 2.75) is 13.5 Å². The molecule has 0 unspecified atom stereocenters. The fraction of sp³-hybridized carbons (Fsp3) is 0.0952. The second-order valence-electron chi connectivity index (χ2n) is 5.93. The number of ether oxygens (including phenoxy) is 1. The van der Waals surface area contributed by atoms with Crippen LogP contribution in [0.15, 0.2) is 49.2 Å². The Labute approximate surface area is 171 Å². The molecule has 3 aromatic rings. The van der Waals surface area contributed by atoms with Gasteiger partial charge in [0.1, 0.15) is 6.61 Å². The lowest BCUT2D eigenvalue weighted by Gasteiger charge is -2.14. The van der Waals surface area contributed by atoms with E-state index in [0.29, 0.717) is 11.2 Å². The molecule has 0 spiro atoms. The van der Waals surface area contributed by atoms with Crippen LogP contribution in [0.1, 0.15) is 28.4 Å². The van der Waals surface area contributed by atoms with Gasteiger partial charge >= 0.3 is 5.97 Å². The molecule has 28 heavy (non-hydrogen) atoms. The molecule has 1 aromatic heterocycles. The van der Waals surface area contributed by atoms with Crippen LogP contribution in [0.25, 0.3) is 17.0 Å². The normalized spacial score (nSPS) is 10.5. The zero-order chi connectivity index (χ0) is 20.3. The molecule has 0 bridgehead atoms. The van der Waals surface area contributed by atoms with Gasteiger partial charge in [-0.2, -0.15) is 0 Å². The second kappa shape index (κ2) is 8.42. The first-order chi connectivity index (χ1) is 13.4. The summed E-state index contributed by atoms with van der Waals surface area (Å²) in [5.74, 6) is -0.836. The Hall–Kier alpha value is -2.89. The molecule has 0 atom stereocenters. The van der Waals surface area contributed by atoms with Crippen LogP contribution in [0.4, 0.5) is 5.69 Å². The number of carbonyl (C=O) groups excluding carboxylic acids is 2. The molecular formula is C21H16Cl2N2O3. The molecule has 1 N–H and O–H groups in total. The number of benzene rings is 2. The molecule has 0 aliphatic heterocycles. The maximum Gasteiger partial charge on any atom is 0.302 e. The number of halogens is 2. The average molecular weight is 415 g/mol. The van der Waals surface area contributed by atoms with Crippen molar-refractivity contribution in [2.24, 2.45) is 0 Å². The van der Waals surface area contributed by atoms with Crippen LogP contribution < -0.4 is 5.32 Å². The van der Waals surface area contributed by atoms with E-state index < -0.39 is 11.9 Å². The molecule has 2 aromatic carbocycles. The third kappa shape index (κ3) is 4.01. The molecule has 0 aliphatic rings. The number of pyridine rings is 1. The van der Waals surface area contributed by atoms with E-state index in [0.717, 1.165) is 16.5 Å². The number of aromatic nitrogens is 1.